The molecule has 5 heteroatoms. The number of rotatable bonds is 5. The van der Waals surface area contributed by atoms with Crippen molar-refractivity contribution in [1.29, 1.82) is 0 Å². The van der Waals surface area contributed by atoms with Crippen LogP contribution >= 0.6 is 0 Å². The molecular formula is C15H18N4O. The van der Waals surface area contributed by atoms with E-state index in [9.17, 15) is 4.79 Å². The van der Waals surface area contributed by atoms with Crippen LogP contribution < -0.4 is 16.4 Å². The summed E-state index contributed by atoms with van der Waals surface area (Å²) < 4.78 is 0. The van der Waals surface area contributed by atoms with E-state index in [0.29, 0.717) is 24.3 Å². The number of nitrogens with two attached hydrogens (primary N) is 1. The van der Waals surface area contributed by atoms with E-state index in [1.165, 1.54) is 0 Å². The molecule has 1 aromatic heterocycles. The predicted octanol–water partition coefficient (Wildman–Crippen LogP) is 2.03. The normalized spacial score (nSPS) is 10.1. The van der Waals surface area contributed by atoms with Crippen molar-refractivity contribution >= 4 is 17.3 Å². The fraction of sp³-hybridized carbons (Fsp3) is 0.200. The molecule has 5 nitrogen and oxygen atoms in total. The molecule has 0 fully saturated rings. The zero-order chi connectivity index (χ0) is 14.4. The number of aromatic nitrogens is 1. The highest BCUT2D eigenvalue weighted by molar-refractivity contribution is 5.96. The lowest BCUT2D eigenvalue weighted by atomic mass is 10.1. The lowest BCUT2D eigenvalue weighted by Gasteiger charge is -2.11. The molecular weight excluding hydrogens is 252 g/mol. The third kappa shape index (κ3) is 3.47. The minimum atomic E-state index is -0.100. The minimum absolute atomic E-state index is 0.100. The van der Waals surface area contributed by atoms with Crippen LogP contribution in [-0.4, -0.2) is 17.4 Å². The van der Waals surface area contributed by atoms with Gasteiger partial charge < -0.3 is 16.4 Å². The van der Waals surface area contributed by atoms with E-state index in [1.807, 2.05) is 19.1 Å². The summed E-state index contributed by atoms with van der Waals surface area (Å²) in [6.45, 7) is 3.09. The monoisotopic (exact) mass is 270 g/mol. The van der Waals surface area contributed by atoms with Gasteiger partial charge in [-0.3, -0.25) is 9.78 Å². The summed E-state index contributed by atoms with van der Waals surface area (Å²) in [4.78, 5) is 15.8. The quantitative estimate of drug-likeness (QED) is 0.726. The third-order valence-corrected chi connectivity index (χ3v) is 2.86. The highest BCUT2D eigenvalue weighted by Gasteiger charge is 2.07. The molecule has 0 aliphatic carbocycles. The Morgan fingerprint density at radius 3 is 2.90 bits per heavy atom. The molecule has 0 saturated heterocycles. The average molecular weight is 270 g/mol. The number of pyridine rings is 1. The number of hydrogen-bond acceptors (Lipinski definition) is 4. The third-order valence-electron chi connectivity index (χ3n) is 2.86. The molecule has 0 spiro atoms. The van der Waals surface area contributed by atoms with Gasteiger partial charge in [-0.05, 0) is 36.8 Å². The van der Waals surface area contributed by atoms with Crippen molar-refractivity contribution in [2.75, 3.05) is 17.6 Å². The van der Waals surface area contributed by atoms with Gasteiger partial charge in [-0.15, -0.1) is 0 Å². The van der Waals surface area contributed by atoms with Gasteiger partial charge in [0.2, 0.25) is 0 Å². The van der Waals surface area contributed by atoms with Crippen LogP contribution in [0.2, 0.25) is 0 Å². The Morgan fingerprint density at radius 2 is 2.20 bits per heavy atom. The van der Waals surface area contributed by atoms with E-state index in [1.54, 1.807) is 30.6 Å². The second kappa shape index (κ2) is 6.56. The first-order valence-electron chi connectivity index (χ1n) is 6.51. The van der Waals surface area contributed by atoms with Crippen LogP contribution in [0.5, 0.6) is 0 Å². The fourth-order valence-corrected chi connectivity index (χ4v) is 1.81. The van der Waals surface area contributed by atoms with Crippen LogP contribution in [0.4, 0.5) is 11.4 Å². The maximum absolute atomic E-state index is 11.8. The van der Waals surface area contributed by atoms with Gasteiger partial charge in [0, 0.05) is 31.0 Å². The Morgan fingerprint density at radius 1 is 1.35 bits per heavy atom. The lowest BCUT2D eigenvalue weighted by molar-refractivity contribution is 0.0956. The second-order valence-electron chi connectivity index (χ2n) is 4.38. The van der Waals surface area contributed by atoms with Crippen molar-refractivity contribution in [2.24, 2.45) is 0 Å². The Bertz CT molecular complexity index is 584. The first kappa shape index (κ1) is 13.9. The van der Waals surface area contributed by atoms with E-state index in [4.69, 9.17) is 5.73 Å². The zero-order valence-electron chi connectivity index (χ0n) is 11.4. The van der Waals surface area contributed by atoms with E-state index < -0.39 is 0 Å². The molecule has 0 unspecified atom stereocenters. The minimum Gasteiger partial charge on any atom is -0.397 e. The highest BCUT2D eigenvalue weighted by Crippen LogP contribution is 2.20. The van der Waals surface area contributed by atoms with Gasteiger partial charge in [-0.1, -0.05) is 6.07 Å². The fourth-order valence-electron chi connectivity index (χ4n) is 1.81. The Labute approximate surface area is 118 Å². The van der Waals surface area contributed by atoms with Gasteiger partial charge >= 0.3 is 0 Å². The van der Waals surface area contributed by atoms with Crippen LogP contribution in [0.1, 0.15) is 22.8 Å². The molecule has 0 bridgehead atoms. The van der Waals surface area contributed by atoms with Gasteiger partial charge in [-0.2, -0.15) is 0 Å². The van der Waals surface area contributed by atoms with Gasteiger partial charge in [0.1, 0.15) is 0 Å². The summed E-state index contributed by atoms with van der Waals surface area (Å²) in [5.74, 6) is -0.100. The molecule has 0 saturated carbocycles. The zero-order valence-corrected chi connectivity index (χ0v) is 11.4. The SMILES string of the molecule is CCNC(=O)c1ccc(N)c(NCc2cccnc2)c1. The lowest BCUT2D eigenvalue weighted by Crippen LogP contribution is -2.22. The molecule has 1 aromatic carbocycles. The van der Waals surface area contributed by atoms with Crippen molar-refractivity contribution < 1.29 is 4.79 Å². The van der Waals surface area contributed by atoms with E-state index in [-0.39, 0.29) is 5.91 Å². The highest BCUT2D eigenvalue weighted by atomic mass is 16.1. The molecule has 0 radical (unpaired) electrons. The molecule has 2 rings (SSSR count). The molecule has 0 aliphatic heterocycles. The van der Waals surface area contributed by atoms with Crippen molar-refractivity contribution in [3.63, 3.8) is 0 Å². The first-order valence-corrected chi connectivity index (χ1v) is 6.51. The predicted molar refractivity (Wildman–Crippen MR) is 80.4 cm³/mol. The molecule has 0 atom stereocenters. The first-order chi connectivity index (χ1) is 9.70. The van der Waals surface area contributed by atoms with Crippen molar-refractivity contribution in [2.45, 2.75) is 13.5 Å². The number of carbonyl (C=O) groups excluding carboxylic acids is 1. The molecule has 1 amide bonds. The van der Waals surface area contributed by atoms with Crippen LogP contribution in [0.15, 0.2) is 42.7 Å². The molecule has 0 aliphatic rings. The number of hydrogen-bond donors (Lipinski definition) is 3. The number of amides is 1. The standard InChI is InChI=1S/C15H18N4O/c1-2-18-15(20)12-5-6-13(16)14(8-12)19-10-11-4-3-7-17-9-11/h3-9,19H,2,10,16H2,1H3,(H,18,20). The summed E-state index contributed by atoms with van der Waals surface area (Å²) in [6, 6.07) is 9.07. The molecule has 1 heterocycles. The summed E-state index contributed by atoms with van der Waals surface area (Å²) in [6.07, 6.45) is 3.52. The summed E-state index contributed by atoms with van der Waals surface area (Å²) in [7, 11) is 0. The number of carbonyl (C=O) groups is 1. The average Bonchev–Trinajstić information content (AvgIpc) is 2.47. The van der Waals surface area contributed by atoms with E-state index >= 15 is 0 Å². The van der Waals surface area contributed by atoms with Gasteiger partial charge in [0.15, 0.2) is 0 Å². The van der Waals surface area contributed by atoms with E-state index in [2.05, 4.69) is 15.6 Å². The largest absolute Gasteiger partial charge is 0.397 e. The molecule has 4 N–H and O–H groups in total. The molecule has 20 heavy (non-hydrogen) atoms. The van der Waals surface area contributed by atoms with Crippen molar-refractivity contribution in [3.8, 4) is 0 Å². The maximum Gasteiger partial charge on any atom is 0.251 e. The van der Waals surface area contributed by atoms with Gasteiger partial charge in [0.05, 0.1) is 11.4 Å². The molecule has 2 aromatic rings. The molecule has 104 valence electrons. The van der Waals surface area contributed by atoms with Crippen LogP contribution in [0.25, 0.3) is 0 Å². The Balaban J connectivity index is 2.10. The Hall–Kier alpha value is -2.56. The summed E-state index contributed by atoms with van der Waals surface area (Å²) in [5, 5.41) is 5.99. The topological polar surface area (TPSA) is 80.0 Å². The van der Waals surface area contributed by atoms with Crippen LogP contribution in [0, 0.1) is 0 Å². The second-order valence-corrected chi connectivity index (χ2v) is 4.38. The van der Waals surface area contributed by atoms with Crippen molar-refractivity contribution in [3.05, 3.63) is 53.9 Å². The Kier molecular flexibility index (Phi) is 4.55. The van der Waals surface area contributed by atoms with Crippen molar-refractivity contribution in [1.82, 2.24) is 10.3 Å². The number of nitrogens with zero attached hydrogens (tertiary/aromatic N) is 1. The maximum atomic E-state index is 11.8. The number of nitrogens with one attached hydrogen (secondary N) is 2. The number of nitrogen functional groups attached to an aromatic ring is 1. The number of benzene rings is 1. The summed E-state index contributed by atoms with van der Waals surface area (Å²) >= 11 is 0. The van der Waals surface area contributed by atoms with Gasteiger partial charge in [-0.25, -0.2) is 0 Å². The van der Waals surface area contributed by atoms with Crippen LogP contribution in [-0.2, 0) is 6.54 Å². The van der Waals surface area contributed by atoms with E-state index in [0.717, 1.165) is 11.3 Å². The smallest absolute Gasteiger partial charge is 0.251 e. The summed E-state index contributed by atoms with van der Waals surface area (Å²) in [5.41, 5.74) is 8.92. The van der Waals surface area contributed by atoms with Gasteiger partial charge in [0.25, 0.3) is 5.91 Å². The van der Waals surface area contributed by atoms with Crippen LogP contribution in [0.3, 0.4) is 0 Å². The number of anilines is 2.